The molecule has 0 atom stereocenters. The summed E-state index contributed by atoms with van der Waals surface area (Å²) < 4.78 is 31.5. The number of amides is 1. The molecule has 4 nitrogen and oxygen atoms in total. The number of nitrogens with one attached hydrogen (secondary N) is 1. The molecular formula is C14H12F2N2O2. The molecule has 6 heteroatoms. The van der Waals surface area contributed by atoms with Gasteiger partial charge in [-0.15, -0.1) is 0 Å². The SMILES string of the molecule is COc1ccc(NC(=O)c2ccc(N)c(F)c2)cc1F. The fourth-order valence-corrected chi connectivity index (χ4v) is 1.62. The van der Waals surface area contributed by atoms with E-state index in [2.05, 4.69) is 5.32 Å². The standard InChI is InChI=1S/C14H12F2N2O2/c1-20-13-5-3-9(7-11(13)16)18-14(19)8-2-4-12(17)10(15)6-8/h2-7H,17H2,1H3,(H,18,19). The van der Waals surface area contributed by atoms with Crippen molar-refractivity contribution in [3.05, 3.63) is 53.6 Å². The predicted octanol–water partition coefficient (Wildman–Crippen LogP) is 2.81. The predicted molar refractivity (Wildman–Crippen MR) is 71.7 cm³/mol. The molecule has 2 aromatic rings. The van der Waals surface area contributed by atoms with E-state index in [4.69, 9.17) is 10.5 Å². The Bertz CT molecular complexity index is 660. The number of hydrogen-bond donors (Lipinski definition) is 2. The summed E-state index contributed by atoms with van der Waals surface area (Å²) in [5, 5.41) is 2.46. The molecule has 0 fully saturated rings. The zero-order valence-corrected chi connectivity index (χ0v) is 10.6. The van der Waals surface area contributed by atoms with Crippen LogP contribution in [0.3, 0.4) is 0 Å². The molecule has 3 N–H and O–H groups in total. The Hall–Kier alpha value is -2.63. The number of hydrogen-bond acceptors (Lipinski definition) is 3. The molecule has 0 heterocycles. The van der Waals surface area contributed by atoms with Crippen LogP contribution < -0.4 is 15.8 Å². The topological polar surface area (TPSA) is 64.3 Å². The summed E-state index contributed by atoms with van der Waals surface area (Å²) in [6, 6.07) is 7.67. The highest BCUT2D eigenvalue weighted by Gasteiger charge is 2.10. The first-order valence-electron chi connectivity index (χ1n) is 5.71. The van der Waals surface area contributed by atoms with Crippen LogP contribution in [0.1, 0.15) is 10.4 Å². The van der Waals surface area contributed by atoms with Gasteiger partial charge >= 0.3 is 0 Å². The Morgan fingerprint density at radius 2 is 1.90 bits per heavy atom. The van der Waals surface area contributed by atoms with Crippen molar-refractivity contribution < 1.29 is 18.3 Å². The zero-order chi connectivity index (χ0) is 14.7. The van der Waals surface area contributed by atoms with E-state index in [-0.39, 0.29) is 22.7 Å². The second kappa shape index (κ2) is 5.56. The van der Waals surface area contributed by atoms with Crippen molar-refractivity contribution in [1.82, 2.24) is 0 Å². The Labute approximate surface area is 114 Å². The van der Waals surface area contributed by atoms with Crippen LogP contribution in [0.15, 0.2) is 36.4 Å². The first-order chi connectivity index (χ1) is 9.51. The van der Waals surface area contributed by atoms with Gasteiger partial charge in [-0.1, -0.05) is 0 Å². The fourth-order valence-electron chi connectivity index (χ4n) is 1.62. The number of nitrogens with two attached hydrogens (primary N) is 1. The summed E-state index contributed by atoms with van der Waals surface area (Å²) in [5.41, 5.74) is 5.61. The van der Waals surface area contributed by atoms with Crippen molar-refractivity contribution in [2.45, 2.75) is 0 Å². The smallest absolute Gasteiger partial charge is 0.255 e. The first kappa shape index (κ1) is 13.8. The molecule has 0 bridgehead atoms. The van der Waals surface area contributed by atoms with Gasteiger partial charge in [0, 0.05) is 17.3 Å². The summed E-state index contributed by atoms with van der Waals surface area (Å²) in [6.07, 6.45) is 0. The largest absolute Gasteiger partial charge is 0.494 e. The molecule has 0 aliphatic carbocycles. The second-order valence-electron chi connectivity index (χ2n) is 4.04. The molecule has 104 valence electrons. The van der Waals surface area contributed by atoms with Crippen LogP contribution in [0.2, 0.25) is 0 Å². The summed E-state index contributed by atoms with van der Waals surface area (Å²) in [5.74, 6) is -1.78. The lowest BCUT2D eigenvalue weighted by atomic mass is 10.2. The van der Waals surface area contributed by atoms with Gasteiger partial charge in [0.15, 0.2) is 11.6 Å². The minimum Gasteiger partial charge on any atom is -0.494 e. The first-order valence-corrected chi connectivity index (χ1v) is 5.71. The van der Waals surface area contributed by atoms with Crippen LogP contribution in [-0.2, 0) is 0 Å². The summed E-state index contributed by atoms with van der Waals surface area (Å²) in [4.78, 5) is 11.9. The minimum absolute atomic E-state index is 0.0444. The number of ether oxygens (including phenoxy) is 1. The van der Waals surface area contributed by atoms with Gasteiger partial charge in [0.05, 0.1) is 12.8 Å². The molecule has 0 unspecified atom stereocenters. The second-order valence-corrected chi connectivity index (χ2v) is 4.04. The number of halogens is 2. The third-order valence-electron chi connectivity index (χ3n) is 2.67. The van der Waals surface area contributed by atoms with Gasteiger partial charge in [-0.2, -0.15) is 0 Å². The maximum Gasteiger partial charge on any atom is 0.255 e. The molecule has 2 aromatic carbocycles. The van der Waals surface area contributed by atoms with Crippen LogP contribution in [0, 0.1) is 11.6 Å². The maximum atomic E-state index is 13.5. The van der Waals surface area contributed by atoms with Crippen LogP contribution in [0.25, 0.3) is 0 Å². The zero-order valence-electron chi connectivity index (χ0n) is 10.6. The van der Waals surface area contributed by atoms with E-state index in [1.807, 2.05) is 0 Å². The van der Waals surface area contributed by atoms with E-state index in [0.29, 0.717) is 0 Å². The fraction of sp³-hybridized carbons (Fsp3) is 0.0714. The van der Waals surface area contributed by atoms with Crippen molar-refractivity contribution in [3.63, 3.8) is 0 Å². The van der Waals surface area contributed by atoms with Gasteiger partial charge < -0.3 is 15.8 Å². The number of carbonyl (C=O) groups excluding carboxylic acids is 1. The van der Waals surface area contributed by atoms with Gasteiger partial charge in [0.2, 0.25) is 0 Å². The number of carbonyl (C=O) groups is 1. The van der Waals surface area contributed by atoms with Gasteiger partial charge in [-0.05, 0) is 30.3 Å². The molecular weight excluding hydrogens is 266 g/mol. The molecule has 0 aromatic heterocycles. The lowest BCUT2D eigenvalue weighted by molar-refractivity contribution is 0.102. The van der Waals surface area contributed by atoms with Crippen molar-refractivity contribution in [2.24, 2.45) is 0 Å². The number of benzene rings is 2. The van der Waals surface area contributed by atoms with Crippen molar-refractivity contribution >= 4 is 17.3 Å². The van der Waals surface area contributed by atoms with Gasteiger partial charge in [0.1, 0.15) is 5.82 Å². The van der Waals surface area contributed by atoms with E-state index in [9.17, 15) is 13.6 Å². The Morgan fingerprint density at radius 1 is 1.15 bits per heavy atom. The summed E-state index contributed by atoms with van der Waals surface area (Å²) >= 11 is 0. The molecule has 0 saturated heterocycles. The van der Waals surface area contributed by atoms with E-state index in [1.165, 1.54) is 31.4 Å². The van der Waals surface area contributed by atoms with Crippen molar-refractivity contribution in [2.75, 3.05) is 18.2 Å². The molecule has 20 heavy (non-hydrogen) atoms. The highest BCUT2D eigenvalue weighted by atomic mass is 19.1. The van der Waals surface area contributed by atoms with E-state index >= 15 is 0 Å². The average Bonchev–Trinajstić information content (AvgIpc) is 2.42. The van der Waals surface area contributed by atoms with Gasteiger partial charge in [-0.25, -0.2) is 8.78 Å². The Morgan fingerprint density at radius 3 is 2.50 bits per heavy atom. The van der Waals surface area contributed by atoms with Crippen molar-refractivity contribution in [1.29, 1.82) is 0 Å². The van der Waals surface area contributed by atoms with Crippen LogP contribution >= 0.6 is 0 Å². The minimum atomic E-state index is -0.682. The summed E-state index contributed by atoms with van der Waals surface area (Å²) in [6.45, 7) is 0. The van der Waals surface area contributed by atoms with Gasteiger partial charge in [0.25, 0.3) is 5.91 Å². The molecule has 2 rings (SSSR count). The maximum absolute atomic E-state index is 13.5. The van der Waals surface area contributed by atoms with Crippen LogP contribution in [0.5, 0.6) is 5.75 Å². The van der Waals surface area contributed by atoms with E-state index in [1.54, 1.807) is 0 Å². The Balaban J connectivity index is 2.19. The molecule has 0 saturated carbocycles. The van der Waals surface area contributed by atoms with E-state index < -0.39 is 17.5 Å². The highest BCUT2D eigenvalue weighted by Crippen LogP contribution is 2.21. The molecule has 1 amide bonds. The summed E-state index contributed by atoms with van der Waals surface area (Å²) in [7, 11) is 1.34. The highest BCUT2D eigenvalue weighted by molar-refractivity contribution is 6.04. The lowest BCUT2D eigenvalue weighted by Crippen LogP contribution is -2.12. The monoisotopic (exact) mass is 278 g/mol. The number of methoxy groups -OCH3 is 1. The third-order valence-corrected chi connectivity index (χ3v) is 2.67. The Kier molecular flexibility index (Phi) is 3.84. The normalized spacial score (nSPS) is 10.2. The average molecular weight is 278 g/mol. The van der Waals surface area contributed by atoms with Crippen molar-refractivity contribution in [3.8, 4) is 5.75 Å². The molecule has 0 radical (unpaired) electrons. The van der Waals surface area contributed by atoms with Gasteiger partial charge in [-0.3, -0.25) is 4.79 Å². The lowest BCUT2D eigenvalue weighted by Gasteiger charge is -2.08. The number of rotatable bonds is 3. The molecule has 0 spiro atoms. The van der Waals surface area contributed by atoms with Crippen LogP contribution in [0.4, 0.5) is 20.2 Å². The molecule has 0 aliphatic rings. The third kappa shape index (κ3) is 2.85. The van der Waals surface area contributed by atoms with Crippen LogP contribution in [-0.4, -0.2) is 13.0 Å². The number of anilines is 2. The van der Waals surface area contributed by atoms with E-state index in [0.717, 1.165) is 12.1 Å². The number of nitrogen functional groups attached to an aromatic ring is 1. The quantitative estimate of drug-likeness (QED) is 0.848. The molecule has 0 aliphatic heterocycles.